The molecular weight excluding hydrogens is 296 g/mol. The van der Waals surface area contributed by atoms with Gasteiger partial charge >= 0.3 is 0 Å². The average Bonchev–Trinajstić information content (AvgIpc) is 3.11. The van der Waals surface area contributed by atoms with E-state index in [1.165, 1.54) is 6.33 Å². The number of carbonyl (C=O) groups is 2. The molecule has 2 saturated heterocycles. The van der Waals surface area contributed by atoms with Crippen molar-refractivity contribution in [1.82, 2.24) is 30.7 Å². The molecule has 23 heavy (non-hydrogen) atoms. The molecule has 0 saturated carbocycles. The Hall–Kier alpha value is -1.96. The molecule has 0 aromatic carbocycles. The quantitative estimate of drug-likeness (QED) is 0.720. The Morgan fingerprint density at radius 2 is 1.96 bits per heavy atom. The number of nitrogens with zero attached hydrogens (tertiary/aromatic N) is 3. The van der Waals surface area contributed by atoms with Crippen molar-refractivity contribution < 1.29 is 9.59 Å². The zero-order chi connectivity index (χ0) is 16.1. The second-order valence-corrected chi connectivity index (χ2v) is 6.36. The van der Waals surface area contributed by atoms with E-state index in [0.29, 0.717) is 25.4 Å². The van der Waals surface area contributed by atoms with Crippen LogP contribution in [-0.4, -0.2) is 64.1 Å². The number of piperidine rings is 2. The highest BCUT2D eigenvalue weighted by Crippen LogP contribution is 2.19. The number of carbonyl (C=O) groups excluding carboxylic acids is 2. The number of H-pyrrole nitrogens is 1. The van der Waals surface area contributed by atoms with Crippen LogP contribution in [-0.2, 0) is 4.79 Å². The summed E-state index contributed by atoms with van der Waals surface area (Å²) in [6, 6.07) is 0.0931. The summed E-state index contributed by atoms with van der Waals surface area (Å²) in [6.07, 6.45) is 5.81. The molecule has 1 aromatic rings. The fourth-order valence-corrected chi connectivity index (χ4v) is 3.31. The minimum absolute atomic E-state index is 0.0931. The summed E-state index contributed by atoms with van der Waals surface area (Å²) in [7, 11) is 0. The van der Waals surface area contributed by atoms with E-state index in [2.05, 4.69) is 25.8 Å². The van der Waals surface area contributed by atoms with Gasteiger partial charge < -0.3 is 20.5 Å². The number of aromatic nitrogens is 3. The average molecular weight is 320 g/mol. The summed E-state index contributed by atoms with van der Waals surface area (Å²) in [5.41, 5.74) is 0. The van der Waals surface area contributed by atoms with Crippen LogP contribution in [0, 0.1) is 5.92 Å². The minimum Gasteiger partial charge on any atom is -0.346 e. The summed E-state index contributed by atoms with van der Waals surface area (Å²) < 4.78 is 0. The highest BCUT2D eigenvalue weighted by Gasteiger charge is 2.26. The van der Waals surface area contributed by atoms with Crippen LogP contribution in [0.1, 0.15) is 42.7 Å². The Labute approximate surface area is 135 Å². The van der Waals surface area contributed by atoms with Gasteiger partial charge in [-0.15, -0.1) is 10.2 Å². The van der Waals surface area contributed by atoms with Crippen molar-refractivity contribution in [3.05, 3.63) is 12.2 Å². The number of likely N-dealkylation sites (tertiary alicyclic amines) is 1. The monoisotopic (exact) mass is 320 g/mol. The largest absolute Gasteiger partial charge is 0.346 e. The lowest BCUT2D eigenvalue weighted by molar-refractivity contribution is -0.133. The summed E-state index contributed by atoms with van der Waals surface area (Å²) in [5, 5.41) is 13.6. The number of hydrogen-bond donors (Lipinski definition) is 3. The lowest BCUT2D eigenvalue weighted by atomic mass is 9.93. The first-order chi connectivity index (χ1) is 11.2. The predicted octanol–water partition coefficient (Wildman–Crippen LogP) is -0.0848. The van der Waals surface area contributed by atoms with Gasteiger partial charge in [-0.25, -0.2) is 0 Å². The van der Waals surface area contributed by atoms with Crippen molar-refractivity contribution in [3.63, 3.8) is 0 Å². The van der Waals surface area contributed by atoms with Gasteiger partial charge in [0.2, 0.25) is 11.7 Å². The molecule has 0 aliphatic carbocycles. The van der Waals surface area contributed by atoms with Crippen molar-refractivity contribution in [1.29, 1.82) is 0 Å². The molecular formula is C15H24N6O2. The summed E-state index contributed by atoms with van der Waals surface area (Å²) >= 11 is 0. The summed E-state index contributed by atoms with van der Waals surface area (Å²) in [4.78, 5) is 28.9. The third kappa shape index (κ3) is 4.28. The van der Waals surface area contributed by atoms with E-state index in [1.807, 2.05) is 4.90 Å². The standard InChI is InChI=1S/C15H24N6O2/c22-13(9-11-1-5-16-6-2-11)21-7-3-12(4-8-21)19-15(23)14-17-10-18-20-14/h10-12,16H,1-9H2,(H,19,23)(H,17,18,20). The zero-order valence-electron chi connectivity index (χ0n) is 13.3. The molecule has 8 heteroatoms. The van der Waals surface area contributed by atoms with Crippen molar-refractivity contribution in [2.75, 3.05) is 26.2 Å². The normalized spacial score (nSPS) is 20.4. The van der Waals surface area contributed by atoms with Crippen LogP contribution in [0.3, 0.4) is 0 Å². The van der Waals surface area contributed by atoms with E-state index in [-0.39, 0.29) is 23.7 Å². The zero-order valence-corrected chi connectivity index (χ0v) is 13.3. The topological polar surface area (TPSA) is 103 Å². The maximum absolute atomic E-state index is 12.4. The Morgan fingerprint density at radius 3 is 2.61 bits per heavy atom. The summed E-state index contributed by atoms with van der Waals surface area (Å²) in [6.45, 7) is 3.47. The lowest BCUT2D eigenvalue weighted by Crippen LogP contribution is -2.47. The number of nitrogens with one attached hydrogen (secondary N) is 3. The molecule has 126 valence electrons. The van der Waals surface area contributed by atoms with Crippen LogP contribution in [0.25, 0.3) is 0 Å². The predicted molar refractivity (Wildman–Crippen MR) is 83.7 cm³/mol. The summed E-state index contributed by atoms with van der Waals surface area (Å²) in [5.74, 6) is 0.779. The van der Waals surface area contributed by atoms with Gasteiger partial charge in [0.25, 0.3) is 5.91 Å². The third-order valence-electron chi connectivity index (χ3n) is 4.74. The first-order valence-electron chi connectivity index (χ1n) is 8.38. The van der Waals surface area contributed by atoms with Crippen molar-refractivity contribution in [2.45, 2.75) is 38.1 Å². The molecule has 2 amide bonds. The van der Waals surface area contributed by atoms with Crippen molar-refractivity contribution >= 4 is 11.8 Å². The number of hydrogen-bond acceptors (Lipinski definition) is 5. The molecule has 0 unspecified atom stereocenters. The first kappa shape index (κ1) is 15.9. The molecule has 0 radical (unpaired) electrons. The van der Waals surface area contributed by atoms with Crippen LogP contribution >= 0.6 is 0 Å². The molecule has 2 aliphatic rings. The maximum atomic E-state index is 12.4. The molecule has 0 atom stereocenters. The number of rotatable bonds is 4. The first-order valence-corrected chi connectivity index (χ1v) is 8.38. The molecule has 3 heterocycles. The van der Waals surface area contributed by atoms with Crippen molar-refractivity contribution in [2.24, 2.45) is 5.92 Å². The second kappa shape index (κ2) is 7.54. The molecule has 3 N–H and O–H groups in total. The van der Waals surface area contributed by atoms with Gasteiger partial charge in [-0.3, -0.25) is 9.59 Å². The molecule has 2 fully saturated rings. The van der Waals surface area contributed by atoms with Gasteiger partial charge in [0, 0.05) is 25.6 Å². The maximum Gasteiger partial charge on any atom is 0.289 e. The van der Waals surface area contributed by atoms with Crippen LogP contribution in [0.4, 0.5) is 0 Å². The van der Waals surface area contributed by atoms with Gasteiger partial charge in [0.1, 0.15) is 6.33 Å². The second-order valence-electron chi connectivity index (χ2n) is 6.36. The Bertz CT molecular complexity index is 518. The van der Waals surface area contributed by atoms with Crippen LogP contribution in [0.5, 0.6) is 0 Å². The number of aromatic amines is 1. The van der Waals surface area contributed by atoms with Crippen molar-refractivity contribution in [3.8, 4) is 0 Å². The van der Waals surface area contributed by atoms with Gasteiger partial charge in [0.05, 0.1) is 0 Å². The minimum atomic E-state index is -0.234. The number of amides is 2. The third-order valence-corrected chi connectivity index (χ3v) is 4.74. The molecule has 2 aliphatic heterocycles. The van der Waals surface area contributed by atoms with E-state index < -0.39 is 0 Å². The fraction of sp³-hybridized carbons (Fsp3) is 0.733. The van der Waals surface area contributed by atoms with E-state index in [4.69, 9.17) is 0 Å². The van der Waals surface area contributed by atoms with Gasteiger partial charge in [-0.05, 0) is 44.7 Å². The van der Waals surface area contributed by atoms with Crippen LogP contribution < -0.4 is 10.6 Å². The van der Waals surface area contributed by atoms with E-state index in [0.717, 1.165) is 38.8 Å². The molecule has 1 aromatic heterocycles. The van der Waals surface area contributed by atoms with E-state index in [9.17, 15) is 9.59 Å². The molecule has 0 spiro atoms. The lowest BCUT2D eigenvalue weighted by Gasteiger charge is -2.33. The highest BCUT2D eigenvalue weighted by atomic mass is 16.2. The fourth-order valence-electron chi connectivity index (χ4n) is 3.31. The Balaban J connectivity index is 1.41. The van der Waals surface area contributed by atoms with Gasteiger partial charge in [0.15, 0.2) is 0 Å². The molecule has 8 nitrogen and oxygen atoms in total. The highest BCUT2D eigenvalue weighted by molar-refractivity contribution is 5.90. The van der Waals surface area contributed by atoms with Crippen LogP contribution in [0.15, 0.2) is 6.33 Å². The van der Waals surface area contributed by atoms with E-state index >= 15 is 0 Å². The molecule has 0 bridgehead atoms. The van der Waals surface area contributed by atoms with Gasteiger partial charge in [-0.2, -0.15) is 0 Å². The van der Waals surface area contributed by atoms with Crippen LogP contribution in [0.2, 0.25) is 0 Å². The Kier molecular flexibility index (Phi) is 5.22. The Morgan fingerprint density at radius 1 is 1.22 bits per heavy atom. The SMILES string of the molecule is O=C(NC1CCN(C(=O)CC2CCNCC2)CC1)c1nnc[nH]1. The molecule has 3 rings (SSSR count). The smallest absolute Gasteiger partial charge is 0.289 e. The van der Waals surface area contributed by atoms with E-state index in [1.54, 1.807) is 0 Å². The van der Waals surface area contributed by atoms with Gasteiger partial charge in [-0.1, -0.05) is 0 Å².